The number of imidazole rings is 1. The van der Waals surface area contributed by atoms with Gasteiger partial charge in [-0.3, -0.25) is 14.1 Å². The lowest BCUT2D eigenvalue weighted by atomic mass is 10.00. The fraction of sp³-hybridized carbons (Fsp3) is 0.500. The molecule has 1 saturated heterocycles. The molecular formula is C28H30F5N3O4. The van der Waals surface area contributed by atoms with E-state index in [2.05, 4.69) is 4.98 Å². The van der Waals surface area contributed by atoms with E-state index in [1.54, 1.807) is 28.8 Å². The van der Waals surface area contributed by atoms with E-state index in [4.69, 9.17) is 14.2 Å². The largest absolute Gasteiger partial charge is 0.496 e. The van der Waals surface area contributed by atoms with E-state index in [1.165, 1.54) is 24.3 Å². The van der Waals surface area contributed by atoms with Crippen molar-refractivity contribution < 1.29 is 41.0 Å². The van der Waals surface area contributed by atoms with Crippen molar-refractivity contribution in [2.75, 3.05) is 26.8 Å². The van der Waals surface area contributed by atoms with Crippen LogP contribution in [0.2, 0.25) is 0 Å². The number of methoxy groups -OCH3 is 1. The van der Waals surface area contributed by atoms with Crippen molar-refractivity contribution in [2.45, 2.75) is 57.4 Å². The zero-order valence-electron chi connectivity index (χ0n) is 21.9. The molecule has 12 heteroatoms. The Morgan fingerprint density at radius 3 is 2.60 bits per heavy atom. The van der Waals surface area contributed by atoms with Crippen LogP contribution in [0.4, 0.5) is 22.0 Å². The standard InChI is InChI=1S/C28H30F5N3O4/c1-38-23-11-18(12-24(40-27(29)30)26(23)22(37)10-17-5-6-17)21-14-34-25-13-20(7-9-36(21)25)39-15-19-4-2-3-8-35(19)16-28(31,32)33/h7,9,11-14,17,19,27H,2-6,8,10,15-16H2,1H3. The van der Waals surface area contributed by atoms with Crippen molar-refractivity contribution >= 4 is 11.4 Å². The van der Waals surface area contributed by atoms with Crippen molar-refractivity contribution in [2.24, 2.45) is 5.92 Å². The molecule has 0 N–H and O–H groups in total. The summed E-state index contributed by atoms with van der Waals surface area (Å²) in [5.74, 6) is 0.249. The van der Waals surface area contributed by atoms with Crippen LogP contribution in [0.5, 0.6) is 17.2 Å². The van der Waals surface area contributed by atoms with Gasteiger partial charge in [-0.1, -0.05) is 6.42 Å². The highest BCUT2D eigenvalue weighted by Gasteiger charge is 2.35. The Morgan fingerprint density at radius 1 is 1.12 bits per heavy atom. The third-order valence-corrected chi connectivity index (χ3v) is 7.31. The minimum atomic E-state index is -4.27. The van der Waals surface area contributed by atoms with Crippen molar-refractivity contribution in [1.29, 1.82) is 0 Å². The number of pyridine rings is 1. The smallest absolute Gasteiger partial charge is 0.401 e. The molecule has 7 nitrogen and oxygen atoms in total. The first-order chi connectivity index (χ1) is 19.1. The average molecular weight is 568 g/mol. The maximum Gasteiger partial charge on any atom is 0.401 e. The van der Waals surface area contributed by atoms with Crippen LogP contribution in [-0.2, 0) is 0 Å². The van der Waals surface area contributed by atoms with E-state index in [0.717, 1.165) is 25.7 Å². The highest BCUT2D eigenvalue weighted by atomic mass is 19.4. The molecule has 40 heavy (non-hydrogen) atoms. The summed E-state index contributed by atoms with van der Waals surface area (Å²) in [7, 11) is 1.36. The number of likely N-dealkylation sites (tertiary alicyclic amines) is 1. The highest BCUT2D eigenvalue weighted by Crippen LogP contribution is 2.40. The van der Waals surface area contributed by atoms with Gasteiger partial charge in [-0.15, -0.1) is 0 Å². The molecule has 2 aromatic heterocycles. The predicted octanol–water partition coefficient (Wildman–Crippen LogP) is 6.39. The van der Waals surface area contributed by atoms with E-state index in [0.29, 0.717) is 35.6 Å². The van der Waals surface area contributed by atoms with Gasteiger partial charge in [0.15, 0.2) is 5.78 Å². The third-order valence-electron chi connectivity index (χ3n) is 7.31. The van der Waals surface area contributed by atoms with Gasteiger partial charge in [0, 0.05) is 30.3 Å². The Bertz CT molecular complexity index is 1360. The van der Waals surface area contributed by atoms with E-state index in [9.17, 15) is 26.7 Å². The molecule has 2 aliphatic rings. The van der Waals surface area contributed by atoms with Crippen LogP contribution in [-0.4, -0.2) is 65.7 Å². The molecule has 3 heterocycles. The van der Waals surface area contributed by atoms with Crippen molar-refractivity contribution in [3.05, 3.63) is 42.2 Å². The van der Waals surface area contributed by atoms with Gasteiger partial charge < -0.3 is 14.2 Å². The normalized spacial score (nSPS) is 18.3. The van der Waals surface area contributed by atoms with Crippen LogP contribution in [0.15, 0.2) is 36.7 Å². The zero-order valence-corrected chi connectivity index (χ0v) is 21.9. The highest BCUT2D eigenvalue weighted by molar-refractivity contribution is 6.02. The average Bonchev–Trinajstić information content (AvgIpc) is 3.61. The number of ether oxygens (including phenoxy) is 3. The second kappa shape index (κ2) is 11.6. The quantitative estimate of drug-likeness (QED) is 0.198. The van der Waals surface area contributed by atoms with Crippen LogP contribution >= 0.6 is 0 Å². The van der Waals surface area contributed by atoms with Crippen molar-refractivity contribution in [3.63, 3.8) is 0 Å². The minimum absolute atomic E-state index is 0.00904. The molecule has 1 aliphatic heterocycles. The van der Waals surface area contributed by atoms with Crippen LogP contribution in [0, 0.1) is 5.92 Å². The van der Waals surface area contributed by atoms with Gasteiger partial charge in [0.05, 0.1) is 25.5 Å². The number of hydrogen-bond acceptors (Lipinski definition) is 6. The first-order valence-corrected chi connectivity index (χ1v) is 13.2. The van der Waals surface area contributed by atoms with Gasteiger partial charge in [0.2, 0.25) is 0 Å². The first-order valence-electron chi connectivity index (χ1n) is 13.2. The number of carbonyl (C=O) groups is 1. The van der Waals surface area contributed by atoms with Gasteiger partial charge in [-0.25, -0.2) is 4.98 Å². The van der Waals surface area contributed by atoms with Crippen molar-refractivity contribution in [1.82, 2.24) is 14.3 Å². The molecular weight excluding hydrogens is 537 g/mol. The van der Waals surface area contributed by atoms with Gasteiger partial charge in [-0.2, -0.15) is 22.0 Å². The van der Waals surface area contributed by atoms with E-state index in [-0.39, 0.29) is 47.8 Å². The Labute approximate surface area is 227 Å². The Hall–Kier alpha value is -3.41. The molecule has 1 unspecified atom stereocenters. The topological polar surface area (TPSA) is 65.3 Å². The maximum absolute atomic E-state index is 13.3. The number of ketones is 1. The van der Waals surface area contributed by atoms with E-state index in [1.807, 2.05) is 0 Å². The number of aromatic nitrogens is 2. The second-order valence-electron chi connectivity index (χ2n) is 10.3. The number of alkyl halides is 5. The van der Waals surface area contributed by atoms with Crippen LogP contribution < -0.4 is 14.2 Å². The van der Waals surface area contributed by atoms with E-state index < -0.39 is 19.3 Å². The lowest BCUT2D eigenvalue weighted by molar-refractivity contribution is -0.154. The summed E-state index contributed by atoms with van der Waals surface area (Å²) in [5, 5.41) is 0. The fourth-order valence-corrected chi connectivity index (χ4v) is 5.19. The predicted molar refractivity (Wildman–Crippen MR) is 136 cm³/mol. The van der Waals surface area contributed by atoms with Gasteiger partial charge in [0.1, 0.15) is 35.1 Å². The molecule has 1 saturated carbocycles. The van der Waals surface area contributed by atoms with Gasteiger partial charge >= 0.3 is 12.8 Å². The van der Waals surface area contributed by atoms with Gasteiger partial charge in [-0.05, 0) is 56.3 Å². The number of Topliss-reactive ketones (excluding diaryl/α,β-unsaturated/α-hetero) is 1. The number of nitrogens with zero attached hydrogens (tertiary/aromatic N) is 3. The summed E-state index contributed by atoms with van der Waals surface area (Å²) < 4.78 is 83.3. The summed E-state index contributed by atoms with van der Waals surface area (Å²) in [6.07, 6.45) is 3.22. The maximum atomic E-state index is 13.3. The van der Waals surface area contributed by atoms with Gasteiger partial charge in [0.25, 0.3) is 0 Å². The number of halogens is 5. The van der Waals surface area contributed by atoms with E-state index >= 15 is 0 Å². The summed E-state index contributed by atoms with van der Waals surface area (Å²) in [6, 6.07) is 5.94. The fourth-order valence-electron chi connectivity index (χ4n) is 5.19. The monoisotopic (exact) mass is 567 g/mol. The van der Waals surface area contributed by atoms with Crippen molar-refractivity contribution in [3.8, 4) is 28.5 Å². The summed E-state index contributed by atoms with van der Waals surface area (Å²) in [6.45, 7) is -3.61. The molecule has 3 aromatic rings. The minimum Gasteiger partial charge on any atom is -0.496 e. The lowest BCUT2D eigenvalue weighted by Gasteiger charge is -2.35. The molecule has 0 amide bonds. The van der Waals surface area contributed by atoms with Crippen LogP contribution in [0.25, 0.3) is 16.9 Å². The molecule has 1 aliphatic carbocycles. The SMILES string of the molecule is COc1cc(-c2cnc3cc(OCC4CCCCN4CC(F)(F)F)ccn23)cc(OC(F)F)c1C(=O)CC1CC1. The molecule has 0 bridgehead atoms. The molecule has 1 atom stereocenters. The number of carbonyl (C=O) groups excluding carboxylic acids is 1. The molecule has 0 radical (unpaired) electrons. The summed E-state index contributed by atoms with van der Waals surface area (Å²) in [5.41, 5.74) is 1.45. The molecule has 216 valence electrons. The number of fused-ring (bicyclic) bond motifs is 1. The number of rotatable bonds is 11. The molecule has 5 rings (SSSR count). The lowest BCUT2D eigenvalue weighted by Crippen LogP contribution is -2.47. The summed E-state index contributed by atoms with van der Waals surface area (Å²) in [4.78, 5) is 18.7. The van der Waals surface area contributed by atoms with Crippen LogP contribution in [0.3, 0.4) is 0 Å². The third kappa shape index (κ3) is 6.65. The zero-order chi connectivity index (χ0) is 28.4. The van der Waals surface area contributed by atoms with Crippen LogP contribution in [0.1, 0.15) is 48.9 Å². The number of benzene rings is 1. The Balaban J connectivity index is 1.38. The number of piperidine rings is 1. The second-order valence-corrected chi connectivity index (χ2v) is 10.3. The Kier molecular flexibility index (Phi) is 8.16. The number of hydrogen-bond donors (Lipinski definition) is 0. The molecule has 2 fully saturated rings. The summed E-state index contributed by atoms with van der Waals surface area (Å²) >= 11 is 0. The Morgan fingerprint density at radius 2 is 1.90 bits per heavy atom. The molecule has 0 spiro atoms. The molecule has 1 aromatic carbocycles. The first kappa shape index (κ1) is 28.1.